The maximum absolute atomic E-state index is 5.41. The smallest absolute Gasteiger partial charge is 0.191 e. The van der Waals surface area contributed by atoms with Crippen LogP contribution in [-0.4, -0.2) is 32.2 Å². The lowest BCUT2D eigenvalue weighted by atomic mass is 10.2. The van der Waals surface area contributed by atoms with Gasteiger partial charge < -0.3 is 20.1 Å². The molecule has 0 saturated heterocycles. The lowest BCUT2D eigenvalue weighted by Crippen LogP contribution is -2.36. The maximum Gasteiger partial charge on any atom is 0.191 e. The highest BCUT2D eigenvalue weighted by Crippen LogP contribution is 2.24. The number of hydrogen-bond donors (Lipinski definition) is 2. The molecule has 0 radical (unpaired) electrons. The molecule has 2 N–H and O–H groups in total. The van der Waals surface area contributed by atoms with Crippen LogP contribution in [0.4, 0.5) is 0 Å². The molecule has 0 atom stereocenters. The summed E-state index contributed by atoms with van der Waals surface area (Å²) in [5, 5.41) is 6.55. The minimum atomic E-state index is 0.591. The summed E-state index contributed by atoms with van der Waals surface area (Å²) in [6.07, 6.45) is 1.79. The first-order chi connectivity index (χ1) is 11.7. The Morgan fingerprint density at radius 1 is 1.12 bits per heavy atom. The van der Waals surface area contributed by atoms with Crippen molar-refractivity contribution in [3.63, 3.8) is 0 Å². The van der Waals surface area contributed by atoms with E-state index in [0.29, 0.717) is 19.0 Å². The molecule has 128 valence electrons. The Hall–Kier alpha value is -2.76. The van der Waals surface area contributed by atoms with E-state index in [2.05, 4.69) is 20.6 Å². The van der Waals surface area contributed by atoms with Crippen LogP contribution in [0, 0.1) is 6.92 Å². The molecule has 0 aliphatic rings. The number of methoxy groups -OCH3 is 2. The molecule has 0 aliphatic carbocycles. The molecular weight excluding hydrogens is 304 g/mol. The normalized spacial score (nSPS) is 11.1. The van der Waals surface area contributed by atoms with Crippen molar-refractivity contribution in [2.75, 3.05) is 21.3 Å². The fraction of sp³-hybridized carbons (Fsp3) is 0.333. The summed E-state index contributed by atoms with van der Waals surface area (Å²) in [5.41, 5.74) is 3.18. The summed E-state index contributed by atoms with van der Waals surface area (Å²) in [6.45, 7) is 3.25. The van der Waals surface area contributed by atoms with Gasteiger partial charge in [0, 0.05) is 31.4 Å². The van der Waals surface area contributed by atoms with Gasteiger partial charge in [-0.1, -0.05) is 6.07 Å². The standard InChI is InChI=1S/C18H24N4O2/c1-13-6-5-9-20-16(13)12-22-18(19-2)21-11-14-7-8-15(23-3)10-17(14)24-4/h5-10H,11-12H2,1-4H3,(H2,19,21,22). The van der Waals surface area contributed by atoms with Gasteiger partial charge in [-0.3, -0.25) is 9.98 Å². The third-order valence-corrected chi connectivity index (χ3v) is 3.71. The zero-order valence-electron chi connectivity index (χ0n) is 14.6. The second-order valence-electron chi connectivity index (χ2n) is 5.22. The SMILES string of the molecule is CN=C(NCc1ccc(OC)cc1OC)NCc1ncccc1C. The van der Waals surface area contributed by atoms with Crippen molar-refractivity contribution in [2.24, 2.45) is 4.99 Å². The lowest BCUT2D eigenvalue weighted by molar-refractivity contribution is 0.390. The van der Waals surface area contributed by atoms with E-state index in [1.165, 1.54) is 0 Å². The fourth-order valence-electron chi connectivity index (χ4n) is 2.27. The number of nitrogens with zero attached hydrogens (tertiary/aromatic N) is 2. The molecule has 2 rings (SSSR count). The quantitative estimate of drug-likeness (QED) is 0.629. The zero-order valence-corrected chi connectivity index (χ0v) is 14.6. The van der Waals surface area contributed by atoms with E-state index in [1.807, 2.05) is 37.3 Å². The number of hydrogen-bond acceptors (Lipinski definition) is 4. The van der Waals surface area contributed by atoms with Crippen molar-refractivity contribution in [3.05, 3.63) is 53.3 Å². The highest BCUT2D eigenvalue weighted by molar-refractivity contribution is 5.79. The van der Waals surface area contributed by atoms with Crippen molar-refractivity contribution >= 4 is 5.96 Å². The molecule has 0 aliphatic heterocycles. The number of nitrogens with one attached hydrogen (secondary N) is 2. The van der Waals surface area contributed by atoms with Crippen LogP contribution in [0.1, 0.15) is 16.8 Å². The van der Waals surface area contributed by atoms with Crippen molar-refractivity contribution in [3.8, 4) is 11.5 Å². The summed E-state index contributed by atoms with van der Waals surface area (Å²) in [5.74, 6) is 2.25. The van der Waals surface area contributed by atoms with E-state index in [4.69, 9.17) is 9.47 Å². The predicted octanol–water partition coefficient (Wildman–Crippen LogP) is 2.27. The van der Waals surface area contributed by atoms with Gasteiger partial charge in [0.15, 0.2) is 5.96 Å². The molecule has 0 bridgehead atoms. The zero-order chi connectivity index (χ0) is 17.4. The van der Waals surface area contributed by atoms with Crippen molar-refractivity contribution in [1.29, 1.82) is 0 Å². The van der Waals surface area contributed by atoms with Crippen molar-refractivity contribution in [2.45, 2.75) is 20.0 Å². The van der Waals surface area contributed by atoms with Crippen molar-refractivity contribution in [1.82, 2.24) is 15.6 Å². The van der Waals surface area contributed by atoms with Crippen LogP contribution in [0.15, 0.2) is 41.5 Å². The summed E-state index contributed by atoms with van der Waals surface area (Å²) in [7, 11) is 5.03. The monoisotopic (exact) mass is 328 g/mol. The average Bonchev–Trinajstić information content (AvgIpc) is 2.63. The second-order valence-corrected chi connectivity index (χ2v) is 5.22. The molecular formula is C18H24N4O2. The van der Waals surface area contributed by atoms with Crippen LogP contribution in [0.5, 0.6) is 11.5 Å². The third-order valence-electron chi connectivity index (χ3n) is 3.71. The van der Waals surface area contributed by atoms with E-state index < -0.39 is 0 Å². The van der Waals surface area contributed by atoms with Crippen LogP contribution in [-0.2, 0) is 13.1 Å². The summed E-state index contributed by atoms with van der Waals surface area (Å²) < 4.78 is 10.6. The van der Waals surface area contributed by atoms with E-state index in [0.717, 1.165) is 28.3 Å². The Morgan fingerprint density at radius 3 is 2.58 bits per heavy atom. The second kappa shape index (κ2) is 8.76. The first-order valence-corrected chi connectivity index (χ1v) is 7.73. The first kappa shape index (κ1) is 17.6. The Balaban J connectivity index is 1.95. The van der Waals surface area contributed by atoms with Gasteiger partial charge in [-0.2, -0.15) is 0 Å². The van der Waals surface area contributed by atoms with Crippen molar-refractivity contribution < 1.29 is 9.47 Å². The number of aliphatic imine (C=N–C) groups is 1. The van der Waals surface area contributed by atoms with Gasteiger partial charge >= 0.3 is 0 Å². The maximum atomic E-state index is 5.41. The molecule has 6 nitrogen and oxygen atoms in total. The van der Waals surface area contributed by atoms with Crippen LogP contribution in [0.3, 0.4) is 0 Å². The number of benzene rings is 1. The van der Waals surface area contributed by atoms with Gasteiger partial charge in [0.25, 0.3) is 0 Å². The molecule has 1 aromatic carbocycles. The largest absolute Gasteiger partial charge is 0.497 e. The predicted molar refractivity (Wildman–Crippen MR) is 95.6 cm³/mol. The van der Waals surface area contributed by atoms with Crippen LogP contribution < -0.4 is 20.1 Å². The van der Waals surface area contributed by atoms with E-state index in [-0.39, 0.29) is 0 Å². The number of aryl methyl sites for hydroxylation is 1. The van der Waals surface area contributed by atoms with Gasteiger partial charge in [0.1, 0.15) is 11.5 Å². The van der Waals surface area contributed by atoms with Crippen LogP contribution >= 0.6 is 0 Å². The number of rotatable bonds is 6. The summed E-state index contributed by atoms with van der Waals surface area (Å²) in [4.78, 5) is 8.61. The molecule has 1 aromatic heterocycles. The molecule has 24 heavy (non-hydrogen) atoms. The Bertz CT molecular complexity index is 701. The number of ether oxygens (including phenoxy) is 2. The molecule has 0 amide bonds. The van der Waals surface area contributed by atoms with E-state index >= 15 is 0 Å². The summed E-state index contributed by atoms with van der Waals surface area (Å²) >= 11 is 0. The van der Waals surface area contributed by atoms with Gasteiger partial charge in [0.2, 0.25) is 0 Å². The Labute approximate surface area is 142 Å². The minimum Gasteiger partial charge on any atom is -0.497 e. The van der Waals surface area contributed by atoms with Gasteiger partial charge in [-0.15, -0.1) is 0 Å². The Morgan fingerprint density at radius 2 is 1.92 bits per heavy atom. The van der Waals surface area contributed by atoms with Crippen LogP contribution in [0.25, 0.3) is 0 Å². The number of pyridine rings is 1. The van der Waals surface area contributed by atoms with E-state index in [9.17, 15) is 0 Å². The molecule has 0 saturated carbocycles. The average molecular weight is 328 g/mol. The highest BCUT2D eigenvalue weighted by Gasteiger charge is 2.07. The van der Waals surface area contributed by atoms with Gasteiger partial charge in [0.05, 0.1) is 26.5 Å². The molecule has 0 fully saturated rings. The molecule has 1 heterocycles. The number of aromatic nitrogens is 1. The van der Waals surface area contributed by atoms with Gasteiger partial charge in [-0.25, -0.2) is 0 Å². The molecule has 0 unspecified atom stereocenters. The fourth-order valence-corrected chi connectivity index (χ4v) is 2.27. The highest BCUT2D eigenvalue weighted by atomic mass is 16.5. The Kier molecular flexibility index (Phi) is 6.42. The molecule has 0 spiro atoms. The molecule has 6 heteroatoms. The number of guanidine groups is 1. The van der Waals surface area contributed by atoms with Crippen LogP contribution in [0.2, 0.25) is 0 Å². The van der Waals surface area contributed by atoms with Gasteiger partial charge in [-0.05, 0) is 30.7 Å². The summed E-state index contributed by atoms with van der Waals surface area (Å²) in [6, 6.07) is 9.72. The minimum absolute atomic E-state index is 0.591. The first-order valence-electron chi connectivity index (χ1n) is 7.73. The topological polar surface area (TPSA) is 67.8 Å². The molecule has 2 aromatic rings. The van der Waals surface area contributed by atoms with E-state index in [1.54, 1.807) is 27.5 Å². The third kappa shape index (κ3) is 4.62. The lowest BCUT2D eigenvalue weighted by Gasteiger charge is -2.14.